The zero-order valence-corrected chi connectivity index (χ0v) is 13.3. The Hall–Kier alpha value is 0.01000. The van der Waals surface area contributed by atoms with Crippen molar-refractivity contribution in [2.45, 2.75) is 20.3 Å². The summed E-state index contributed by atoms with van der Waals surface area (Å²) in [5.74, 6) is 0.659. The lowest BCUT2D eigenvalue weighted by atomic mass is 10.1. The van der Waals surface area contributed by atoms with Gasteiger partial charge in [0.25, 0.3) is 0 Å². The standard InChI is InChI=1S/C14H12Br2S/c1-9-13(14(9,15)16)17-12-8-4-6-10-5-2-3-7-11(10)12/h2-9,13H,1H3/t9-,13-/m1/s1. The molecule has 2 atom stereocenters. The lowest BCUT2D eigenvalue weighted by Crippen LogP contribution is -1.89. The van der Waals surface area contributed by atoms with E-state index in [0.29, 0.717) is 11.2 Å². The molecule has 0 amide bonds. The molecular weight excluding hydrogens is 360 g/mol. The summed E-state index contributed by atoms with van der Waals surface area (Å²) < 4.78 is 0.127. The molecule has 0 aliphatic heterocycles. The fourth-order valence-corrected chi connectivity index (χ4v) is 5.48. The molecule has 0 unspecified atom stereocenters. The molecule has 0 heterocycles. The minimum Gasteiger partial charge on any atom is -0.119 e. The molecule has 17 heavy (non-hydrogen) atoms. The maximum atomic E-state index is 3.74. The van der Waals surface area contributed by atoms with Gasteiger partial charge >= 0.3 is 0 Å². The highest BCUT2D eigenvalue weighted by Gasteiger charge is 2.59. The Morgan fingerprint density at radius 3 is 2.41 bits per heavy atom. The Bertz CT molecular complexity index is 560. The van der Waals surface area contributed by atoms with E-state index in [2.05, 4.69) is 81.2 Å². The van der Waals surface area contributed by atoms with Gasteiger partial charge in [0.1, 0.15) is 0 Å². The number of benzene rings is 2. The Morgan fingerprint density at radius 2 is 1.71 bits per heavy atom. The van der Waals surface area contributed by atoms with Crippen LogP contribution in [-0.4, -0.2) is 8.48 Å². The van der Waals surface area contributed by atoms with Gasteiger partial charge in [-0.2, -0.15) is 0 Å². The molecule has 88 valence electrons. The second-order valence-electron chi connectivity index (χ2n) is 4.48. The molecule has 0 spiro atoms. The van der Waals surface area contributed by atoms with Crippen LogP contribution in [0, 0.1) is 5.92 Å². The number of fused-ring (bicyclic) bond motifs is 1. The molecule has 2 aromatic rings. The number of alkyl halides is 2. The Morgan fingerprint density at radius 1 is 1.06 bits per heavy atom. The summed E-state index contributed by atoms with van der Waals surface area (Å²) >= 11 is 9.43. The first-order valence-electron chi connectivity index (χ1n) is 5.63. The molecule has 1 saturated carbocycles. The van der Waals surface area contributed by atoms with Gasteiger partial charge in [-0.05, 0) is 22.8 Å². The van der Waals surface area contributed by atoms with Gasteiger partial charge in [-0.1, -0.05) is 75.2 Å². The first kappa shape index (κ1) is 12.1. The summed E-state index contributed by atoms with van der Waals surface area (Å²) in [6, 6.07) is 15.1. The maximum absolute atomic E-state index is 3.74. The van der Waals surface area contributed by atoms with Crippen LogP contribution in [0.15, 0.2) is 47.4 Å². The highest BCUT2D eigenvalue weighted by Crippen LogP contribution is 2.63. The molecule has 0 aromatic heterocycles. The number of halogens is 2. The highest BCUT2D eigenvalue weighted by molar-refractivity contribution is 9.25. The summed E-state index contributed by atoms with van der Waals surface area (Å²) in [6.45, 7) is 2.27. The summed E-state index contributed by atoms with van der Waals surface area (Å²) in [5, 5.41) is 3.28. The maximum Gasteiger partial charge on any atom is 0.0966 e. The third-order valence-corrected chi connectivity index (χ3v) is 8.02. The van der Waals surface area contributed by atoms with Crippen molar-refractivity contribution in [3.05, 3.63) is 42.5 Å². The van der Waals surface area contributed by atoms with Crippen LogP contribution in [0.5, 0.6) is 0 Å². The number of hydrogen-bond donors (Lipinski definition) is 0. The van der Waals surface area contributed by atoms with E-state index in [-0.39, 0.29) is 3.23 Å². The lowest BCUT2D eigenvalue weighted by molar-refractivity contribution is 0.985. The summed E-state index contributed by atoms with van der Waals surface area (Å²) in [6.07, 6.45) is 0. The molecule has 1 aliphatic rings. The SMILES string of the molecule is C[C@@H]1[C@@H](Sc2cccc3ccccc23)C1(Br)Br. The Kier molecular flexibility index (Phi) is 3.04. The van der Waals surface area contributed by atoms with Crippen molar-refractivity contribution in [3.63, 3.8) is 0 Å². The van der Waals surface area contributed by atoms with Crippen molar-refractivity contribution in [2.75, 3.05) is 0 Å². The first-order chi connectivity index (χ1) is 8.10. The molecule has 0 N–H and O–H groups in total. The van der Waals surface area contributed by atoms with Crippen molar-refractivity contribution in [1.82, 2.24) is 0 Å². The molecule has 0 bridgehead atoms. The van der Waals surface area contributed by atoms with E-state index in [0.717, 1.165) is 0 Å². The van der Waals surface area contributed by atoms with Crippen molar-refractivity contribution < 1.29 is 0 Å². The zero-order valence-electron chi connectivity index (χ0n) is 9.36. The molecule has 0 radical (unpaired) electrons. The number of thioether (sulfide) groups is 1. The van der Waals surface area contributed by atoms with E-state index in [1.54, 1.807) is 0 Å². The van der Waals surface area contributed by atoms with E-state index >= 15 is 0 Å². The van der Waals surface area contributed by atoms with Crippen LogP contribution in [0.3, 0.4) is 0 Å². The van der Waals surface area contributed by atoms with Gasteiger partial charge in [-0.15, -0.1) is 11.8 Å². The fourth-order valence-electron chi connectivity index (χ4n) is 2.06. The van der Waals surface area contributed by atoms with Crippen LogP contribution in [0.2, 0.25) is 0 Å². The molecule has 3 rings (SSSR count). The third-order valence-electron chi connectivity index (χ3n) is 3.34. The average molecular weight is 372 g/mol. The second kappa shape index (κ2) is 4.29. The van der Waals surface area contributed by atoms with E-state index in [9.17, 15) is 0 Å². The minimum atomic E-state index is 0.127. The molecule has 1 fully saturated rings. The van der Waals surface area contributed by atoms with Gasteiger partial charge in [0.05, 0.1) is 3.23 Å². The van der Waals surface area contributed by atoms with E-state index in [1.165, 1.54) is 15.7 Å². The summed E-state index contributed by atoms with van der Waals surface area (Å²) in [5.41, 5.74) is 0. The third kappa shape index (κ3) is 2.06. The van der Waals surface area contributed by atoms with Gasteiger partial charge < -0.3 is 0 Å². The van der Waals surface area contributed by atoms with Crippen LogP contribution in [0.25, 0.3) is 10.8 Å². The second-order valence-corrected chi connectivity index (χ2v) is 9.35. The number of hydrogen-bond acceptors (Lipinski definition) is 1. The number of rotatable bonds is 2. The van der Waals surface area contributed by atoms with Crippen molar-refractivity contribution >= 4 is 54.4 Å². The summed E-state index contributed by atoms with van der Waals surface area (Å²) in [4.78, 5) is 1.38. The quantitative estimate of drug-likeness (QED) is 0.633. The van der Waals surface area contributed by atoms with Crippen LogP contribution >= 0.6 is 43.6 Å². The molecule has 0 nitrogen and oxygen atoms in total. The highest BCUT2D eigenvalue weighted by atomic mass is 79.9. The molecular formula is C14H12Br2S. The minimum absolute atomic E-state index is 0.127. The zero-order chi connectivity index (χ0) is 12.0. The Labute approximate surface area is 122 Å². The smallest absolute Gasteiger partial charge is 0.0966 e. The molecule has 3 heteroatoms. The largest absolute Gasteiger partial charge is 0.119 e. The summed E-state index contributed by atoms with van der Waals surface area (Å²) in [7, 11) is 0. The molecule has 1 aliphatic carbocycles. The van der Waals surface area contributed by atoms with Crippen molar-refractivity contribution in [1.29, 1.82) is 0 Å². The van der Waals surface area contributed by atoms with Crippen molar-refractivity contribution in [2.24, 2.45) is 5.92 Å². The Balaban J connectivity index is 1.97. The van der Waals surface area contributed by atoms with E-state index in [4.69, 9.17) is 0 Å². The van der Waals surface area contributed by atoms with Gasteiger partial charge in [0.2, 0.25) is 0 Å². The van der Waals surface area contributed by atoms with Crippen molar-refractivity contribution in [3.8, 4) is 0 Å². The van der Waals surface area contributed by atoms with Gasteiger partial charge in [0.15, 0.2) is 0 Å². The van der Waals surface area contributed by atoms with Crippen LogP contribution in [0.1, 0.15) is 6.92 Å². The van der Waals surface area contributed by atoms with Crippen LogP contribution in [0.4, 0.5) is 0 Å². The van der Waals surface area contributed by atoms with Crippen LogP contribution in [-0.2, 0) is 0 Å². The predicted molar refractivity (Wildman–Crippen MR) is 83.3 cm³/mol. The predicted octanol–water partition coefficient (Wildman–Crippen LogP) is 5.44. The fraction of sp³-hybridized carbons (Fsp3) is 0.286. The van der Waals surface area contributed by atoms with Crippen LogP contribution < -0.4 is 0 Å². The van der Waals surface area contributed by atoms with Gasteiger partial charge in [-0.3, -0.25) is 0 Å². The van der Waals surface area contributed by atoms with Gasteiger partial charge in [0, 0.05) is 10.1 Å². The molecule has 0 saturated heterocycles. The monoisotopic (exact) mass is 370 g/mol. The topological polar surface area (TPSA) is 0 Å². The van der Waals surface area contributed by atoms with E-state index in [1.807, 2.05) is 11.8 Å². The van der Waals surface area contributed by atoms with Gasteiger partial charge in [-0.25, -0.2) is 0 Å². The van der Waals surface area contributed by atoms with E-state index < -0.39 is 0 Å². The average Bonchev–Trinajstić information content (AvgIpc) is 2.80. The normalized spacial score (nSPS) is 26.1. The lowest BCUT2D eigenvalue weighted by Gasteiger charge is -2.06. The first-order valence-corrected chi connectivity index (χ1v) is 8.09. The molecule has 2 aromatic carbocycles.